The summed E-state index contributed by atoms with van der Waals surface area (Å²) in [6.45, 7) is 1.67. The number of carbonyl (C=O) groups excluding carboxylic acids is 1. The maximum Gasteiger partial charge on any atom is 0.265 e. The van der Waals surface area contributed by atoms with Gasteiger partial charge in [0.1, 0.15) is 10.6 Å². The SMILES string of the molecule is COc1ccc(-c2nc3cc(Cl)ccc3cc2CN(C[C@@H]2CCCO2)C(=O)c2cncs2)cc1. The molecule has 174 valence electrons. The molecular formula is C26H24ClN3O3S. The van der Waals surface area contributed by atoms with Crippen molar-refractivity contribution in [1.82, 2.24) is 14.9 Å². The first kappa shape index (κ1) is 22.8. The van der Waals surface area contributed by atoms with Crippen molar-refractivity contribution in [3.63, 3.8) is 0 Å². The first-order valence-corrected chi connectivity index (χ1v) is 12.4. The van der Waals surface area contributed by atoms with Gasteiger partial charge in [-0.15, -0.1) is 11.3 Å². The minimum atomic E-state index is -0.0464. The molecule has 0 saturated carbocycles. The van der Waals surface area contributed by atoms with E-state index in [2.05, 4.69) is 11.1 Å². The topological polar surface area (TPSA) is 64.6 Å². The van der Waals surface area contributed by atoms with Gasteiger partial charge in [0.05, 0.1) is 36.1 Å². The number of pyridine rings is 1. The van der Waals surface area contributed by atoms with Crippen molar-refractivity contribution < 1.29 is 14.3 Å². The largest absolute Gasteiger partial charge is 0.497 e. The van der Waals surface area contributed by atoms with Crippen molar-refractivity contribution in [1.29, 1.82) is 0 Å². The van der Waals surface area contributed by atoms with Gasteiger partial charge in [-0.05, 0) is 60.9 Å². The van der Waals surface area contributed by atoms with Crippen molar-refractivity contribution in [3.05, 3.63) is 75.7 Å². The van der Waals surface area contributed by atoms with E-state index in [0.717, 1.165) is 52.9 Å². The zero-order valence-electron chi connectivity index (χ0n) is 18.7. The van der Waals surface area contributed by atoms with Crippen molar-refractivity contribution in [2.24, 2.45) is 0 Å². The Hall–Kier alpha value is -3.00. The van der Waals surface area contributed by atoms with E-state index in [1.165, 1.54) is 11.3 Å². The van der Waals surface area contributed by atoms with Gasteiger partial charge in [0.15, 0.2) is 0 Å². The molecule has 3 heterocycles. The Balaban J connectivity index is 1.57. The summed E-state index contributed by atoms with van der Waals surface area (Å²) >= 11 is 7.60. The van der Waals surface area contributed by atoms with Crippen LogP contribution in [0.15, 0.2) is 60.2 Å². The molecule has 0 N–H and O–H groups in total. The molecule has 8 heteroatoms. The molecule has 6 nitrogen and oxygen atoms in total. The van der Waals surface area contributed by atoms with Crippen molar-refractivity contribution in [2.75, 3.05) is 20.3 Å². The minimum absolute atomic E-state index is 0.0357. The number of carbonyl (C=O) groups is 1. The van der Waals surface area contributed by atoms with E-state index in [-0.39, 0.29) is 12.0 Å². The predicted octanol–water partition coefficient (Wildman–Crippen LogP) is 5.84. The molecule has 1 aliphatic heterocycles. The molecule has 1 amide bonds. The average Bonchev–Trinajstić information content (AvgIpc) is 3.58. The normalized spacial score (nSPS) is 15.5. The zero-order valence-corrected chi connectivity index (χ0v) is 20.3. The Labute approximate surface area is 207 Å². The third-order valence-electron chi connectivity index (χ3n) is 5.96. The van der Waals surface area contributed by atoms with Crippen molar-refractivity contribution in [2.45, 2.75) is 25.5 Å². The van der Waals surface area contributed by atoms with Crippen LogP contribution >= 0.6 is 22.9 Å². The molecular weight excluding hydrogens is 470 g/mol. The highest BCUT2D eigenvalue weighted by Crippen LogP contribution is 2.30. The molecule has 1 atom stereocenters. The van der Waals surface area contributed by atoms with E-state index in [1.807, 2.05) is 47.4 Å². The lowest BCUT2D eigenvalue weighted by Gasteiger charge is -2.26. The maximum atomic E-state index is 13.4. The molecule has 34 heavy (non-hydrogen) atoms. The molecule has 0 spiro atoms. The molecule has 1 saturated heterocycles. The number of aromatic nitrogens is 2. The molecule has 1 aliphatic rings. The number of nitrogens with zero attached hydrogens (tertiary/aromatic N) is 3. The van der Waals surface area contributed by atoms with Crippen LogP contribution < -0.4 is 4.74 Å². The quantitative estimate of drug-likeness (QED) is 0.323. The summed E-state index contributed by atoms with van der Waals surface area (Å²) in [5, 5.41) is 1.60. The minimum Gasteiger partial charge on any atom is -0.497 e. The number of hydrogen-bond donors (Lipinski definition) is 0. The first-order chi connectivity index (χ1) is 16.6. The molecule has 5 rings (SSSR count). The summed E-state index contributed by atoms with van der Waals surface area (Å²) in [4.78, 5) is 25.0. The molecule has 0 unspecified atom stereocenters. The highest BCUT2D eigenvalue weighted by atomic mass is 35.5. The van der Waals surface area contributed by atoms with Gasteiger partial charge < -0.3 is 14.4 Å². The van der Waals surface area contributed by atoms with Crippen LogP contribution in [0.4, 0.5) is 0 Å². The molecule has 1 fully saturated rings. The van der Waals surface area contributed by atoms with Gasteiger partial charge in [-0.1, -0.05) is 17.7 Å². The predicted molar refractivity (Wildman–Crippen MR) is 135 cm³/mol. The van der Waals surface area contributed by atoms with Crippen LogP contribution in [0.25, 0.3) is 22.2 Å². The number of methoxy groups -OCH3 is 1. The van der Waals surface area contributed by atoms with Gasteiger partial charge in [0.25, 0.3) is 5.91 Å². The number of amides is 1. The average molecular weight is 494 g/mol. The van der Waals surface area contributed by atoms with E-state index in [4.69, 9.17) is 26.1 Å². The molecule has 2 aromatic carbocycles. The fraction of sp³-hybridized carbons (Fsp3) is 0.269. The summed E-state index contributed by atoms with van der Waals surface area (Å²) in [6, 6.07) is 15.6. The maximum absolute atomic E-state index is 13.4. The number of fused-ring (bicyclic) bond motifs is 1. The summed E-state index contributed by atoms with van der Waals surface area (Å²) in [6.07, 6.45) is 3.63. The van der Waals surface area contributed by atoms with Crippen LogP contribution in [-0.4, -0.2) is 47.1 Å². The lowest BCUT2D eigenvalue weighted by Crippen LogP contribution is -2.36. The van der Waals surface area contributed by atoms with E-state index < -0.39 is 0 Å². The first-order valence-electron chi connectivity index (χ1n) is 11.1. The van der Waals surface area contributed by atoms with Crippen molar-refractivity contribution in [3.8, 4) is 17.0 Å². The second-order valence-corrected chi connectivity index (χ2v) is 9.57. The van der Waals surface area contributed by atoms with E-state index in [1.54, 1.807) is 18.8 Å². The second kappa shape index (κ2) is 10.1. The van der Waals surface area contributed by atoms with Gasteiger partial charge in [-0.3, -0.25) is 9.78 Å². The van der Waals surface area contributed by atoms with Crippen LogP contribution in [-0.2, 0) is 11.3 Å². The van der Waals surface area contributed by atoms with Gasteiger partial charge in [-0.2, -0.15) is 0 Å². The lowest BCUT2D eigenvalue weighted by atomic mass is 10.0. The monoisotopic (exact) mass is 493 g/mol. The van der Waals surface area contributed by atoms with E-state index in [9.17, 15) is 4.79 Å². The number of rotatable bonds is 7. The highest BCUT2D eigenvalue weighted by molar-refractivity contribution is 7.11. The summed E-state index contributed by atoms with van der Waals surface area (Å²) < 4.78 is 11.2. The van der Waals surface area contributed by atoms with Gasteiger partial charge in [0, 0.05) is 35.7 Å². The van der Waals surface area contributed by atoms with Gasteiger partial charge >= 0.3 is 0 Å². The second-order valence-electron chi connectivity index (χ2n) is 8.25. The molecule has 0 aliphatic carbocycles. The number of hydrogen-bond acceptors (Lipinski definition) is 6. The molecule has 2 aromatic heterocycles. The smallest absolute Gasteiger partial charge is 0.265 e. The zero-order chi connectivity index (χ0) is 23.5. The lowest BCUT2D eigenvalue weighted by molar-refractivity contribution is 0.0511. The van der Waals surface area contributed by atoms with Gasteiger partial charge in [-0.25, -0.2) is 4.98 Å². The van der Waals surface area contributed by atoms with Crippen LogP contribution in [0.1, 0.15) is 28.1 Å². The van der Waals surface area contributed by atoms with Crippen LogP contribution in [0.3, 0.4) is 0 Å². The number of halogens is 1. The third-order valence-corrected chi connectivity index (χ3v) is 6.96. The highest BCUT2D eigenvalue weighted by Gasteiger charge is 2.26. The Morgan fingerprint density at radius 2 is 2.09 bits per heavy atom. The standard InChI is InChI=1S/C26H24ClN3O3S/c1-32-21-8-5-17(6-9-21)25-19(11-18-4-7-20(27)12-23(18)29-25)14-30(15-22-3-2-10-33-22)26(31)24-13-28-16-34-24/h4-9,11-13,16,22H,2-3,10,14-15H2,1H3/t22-/m0/s1. The number of ether oxygens (including phenoxy) is 2. The van der Waals surface area contributed by atoms with Crippen LogP contribution in [0.2, 0.25) is 5.02 Å². The Kier molecular flexibility index (Phi) is 6.76. The van der Waals surface area contributed by atoms with Crippen molar-refractivity contribution >= 4 is 39.7 Å². The van der Waals surface area contributed by atoms with Gasteiger partial charge in [0.2, 0.25) is 0 Å². The number of thiazole rings is 1. The Morgan fingerprint density at radius 1 is 1.24 bits per heavy atom. The number of benzene rings is 2. The molecule has 0 radical (unpaired) electrons. The van der Waals surface area contributed by atoms with E-state index >= 15 is 0 Å². The summed E-state index contributed by atoms with van der Waals surface area (Å²) in [7, 11) is 1.64. The molecule has 0 bridgehead atoms. The van der Waals surface area contributed by atoms with Crippen LogP contribution in [0.5, 0.6) is 5.75 Å². The Morgan fingerprint density at radius 3 is 2.79 bits per heavy atom. The Bertz CT molecular complexity index is 1290. The van der Waals surface area contributed by atoms with E-state index in [0.29, 0.717) is 23.0 Å². The third kappa shape index (κ3) is 4.92. The summed E-state index contributed by atoms with van der Waals surface area (Å²) in [5.74, 6) is 0.726. The summed E-state index contributed by atoms with van der Waals surface area (Å²) in [5.41, 5.74) is 5.20. The fourth-order valence-corrected chi connectivity index (χ4v) is 4.99. The van der Waals surface area contributed by atoms with Crippen LogP contribution in [0, 0.1) is 0 Å². The fourth-order valence-electron chi connectivity index (χ4n) is 4.24. The molecule has 4 aromatic rings.